The van der Waals surface area contributed by atoms with Gasteiger partial charge in [0.05, 0.1) is 11.7 Å². The molecule has 0 aromatic carbocycles. The normalized spacial score (nSPS) is 37.0. The van der Waals surface area contributed by atoms with Crippen molar-refractivity contribution in [2.45, 2.75) is 37.4 Å². The zero-order valence-electron chi connectivity index (χ0n) is 8.19. The third-order valence-electron chi connectivity index (χ3n) is 3.02. The predicted octanol–water partition coefficient (Wildman–Crippen LogP) is 1.70. The molecule has 0 radical (unpaired) electrons. The molecule has 2 N–H and O–H groups in total. The third-order valence-corrected chi connectivity index (χ3v) is 3.02. The first-order valence-electron chi connectivity index (χ1n) is 5.15. The van der Waals surface area contributed by atoms with E-state index in [1.165, 1.54) is 0 Å². The van der Waals surface area contributed by atoms with E-state index in [4.69, 9.17) is 0 Å². The average Bonchev–Trinajstić information content (AvgIpc) is 2.41. The molecule has 2 aliphatic rings. The van der Waals surface area contributed by atoms with E-state index in [1.54, 1.807) is 0 Å². The molecule has 0 spiro atoms. The molecule has 0 bridgehead atoms. The lowest BCUT2D eigenvalue weighted by molar-refractivity contribution is 0.0603. The van der Waals surface area contributed by atoms with Gasteiger partial charge in [-0.15, -0.1) is 0 Å². The molecule has 0 amide bonds. The summed E-state index contributed by atoms with van der Waals surface area (Å²) in [5.41, 5.74) is 0.208. The highest BCUT2D eigenvalue weighted by molar-refractivity contribution is 5.35. The summed E-state index contributed by atoms with van der Waals surface area (Å²) in [7, 11) is 0. The van der Waals surface area contributed by atoms with E-state index in [0.717, 1.165) is 5.57 Å². The number of rotatable bonds is 0. The maximum atomic E-state index is 10.4. The van der Waals surface area contributed by atoms with Crippen LogP contribution in [0.25, 0.3) is 0 Å². The Morgan fingerprint density at radius 1 is 1.36 bits per heavy atom. The molecule has 76 valence electrons. The zero-order chi connectivity index (χ0) is 10.0. The summed E-state index contributed by atoms with van der Waals surface area (Å²) >= 11 is 0. The van der Waals surface area contributed by atoms with Crippen LogP contribution in [0.15, 0.2) is 36.0 Å². The van der Waals surface area contributed by atoms with E-state index in [-0.39, 0.29) is 6.10 Å². The number of fused-ring (bicyclic) bond motifs is 1. The highest BCUT2D eigenvalue weighted by Gasteiger charge is 2.32. The third kappa shape index (κ3) is 1.81. The molecule has 2 atom stereocenters. The summed E-state index contributed by atoms with van der Waals surface area (Å²) in [6.07, 6.45) is 12.1. The first-order valence-corrected chi connectivity index (χ1v) is 5.15. The fraction of sp³-hybridized carbons (Fsp3) is 0.500. The fourth-order valence-electron chi connectivity index (χ4n) is 2.06. The number of aliphatic hydroxyl groups excluding tert-OH is 1. The second-order valence-electron chi connectivity index (χ2n) is 4.11. The van der Waals surface area contributed by atoms with Gasteiger partial charge in [-0.2, -0.15) is 0 Å². The molecule has 2 aliphatic carbocycles. The Hall–Kier alpha value is -0.860. The van der Waals surface area contributed by atoms with Gasteiger partial charge >= 0.3 is 0 Å². The average molecular weight is 192 g/mol. The SMILES string of the molecule is OC1CC=C2C=CC=CCC2(O)CC1. The zero-order valence-corrected chi connectivity index (χ0v) is 8.19. The second kappa shape index (κ2) is 3.71. The van der Waals surface area contributed by atoms with Crippen LogP contribution in [0.5, 0.6) is 0 Å². The number of hydrogen-bond donors (Lipinski definition) is 2. The van der Waals surface area contributed by atoms with Crippen LogP contribution in [0.1, 0.15) is 25.7 Å². The summed E-state index contributed by atoms with van der Waals surface area (Å²) in [4.78, 5) is 0. The van der Waals surface area contributed by atoms with Crippen molar-refractivity contribution in [3.63, 3.8) is 0 Å². The first kappa shape index (κ1) is 9.69. The summed E-state index contributed by atoms with van der Waals surface area (Å²) in [6.45, 7) is 0. The van der Waals surface area contributed by atoms with Gasteiger partial charge in [0.25, 0.3) is 0 Å². The summed E-state index contributed by atoms with van der Waals surface area (Å²) in [5, 5.41) is 19.9. The molecule has 2 unspecified atom stereocenters. The maximum absolute atomic E-state index is 10.4. The Bertz CT molecular complexity index is 301. The largest absolute Gasteiger partial charge is 0.393 e. The number of allylic oxidation sites excluding steroid dienone is 2. The van der Waals surface area contributed by atoms with Crippen LogP contribution in [0.4, 0.5) is 0 Å². The Balaban J connectivity index is 2.30. The molecule has 2 heteroatoms. The van der Waals surface area contributed by atoms with Gasteiger partial charge in [-0.25, -0.2) is 0 Å². The van der Waals surface area contributed by atoms with Crippen molar-refractivity contribution in [2.75, 3.05) is 0 Å². The van der Waals surface area contributed by atoms with Crippen molar-refractivity contribution < 1.29 is 10.2 Å². The number of aliphatic hydroxyl groups is 2. The van der Waals surface area contributed by atoms with E-state index < -0.39 is 5.60 Å². The summed E-state index contributed by atoms with van der Waals surface area (Å²) in [5.74, 6) is 0. The minimum Gasteiger partial charge on any atom is -0.393 e. The fourth-order valence-corrected chi connectivity index (χ4v) is 2.06. The van der Waals surface area contributed by atoms with Crippen molar-refractivity contribution in [1.82, 2.24) is 0 Å². The van der Waals surface area contributed by atoms with Crippen LogP contribution in [0.2, 0.25) is 0 Å². The molecule has 2 nitrogen and oxygen atoms in total. The van der Waals surface area contributed by atoms with E-state index in [9.17, 15) is 10.2 Å². The maximum Gasteiger partial charge on any atom is 0.0928 e. The summed E-state index contributed by atoms with van der Waals surface area (Å²) < 4.78 is 0. The Kier molecular flexibility index (Phi) is 2.57. The van der Waals surface area contributed by atoms with Crippen LogP contribution in [-0.2, 0) is 0 Å². The minimum atomic E-state index is -0.749. The Labute approximate surface area is 84.3 Å². The Morgan fingerprint density at radius 3 is 3.07 bits per heavy atom. The molecule has 0 saturated heterocycles. The lowest BCUT2D eigenvalue weighted by Crippen LogP contribution is -2.29. The molecular weight excluding hydrogens is 176 g/mol. The van der Waals surface area contributed by atoms with Gasteiger partial charge in [-0.3, -0.25) is 0 Å². The van der Waals surface area contributed by atoms with Gasteiger partial charge in [-0.1, -0.05) is 30.4 Å². The molecular formula is C12H16O2. The molecule has 0 aromatic rings. The van der Waals surface area contributed by atoms with Gasteiger partial charge in [-0.05, 0) is 31.3 Å². The van der Waals surface area contributed by atoms with Crippen LogP contribution < -0.4 is 0 Å². The lowest BCUT2D eigenvalue weighted by Gasteiger charge is -2.26. The van der Waals surface area contributed by atoms with Crippen LogP contribution >= 0.6 is 0 Å². The Morgan fingerprint density at radius 2 is 2.21 bits per heavy atom. The minimum absolute atomic E-state index is 0.296. The van der Waals surface area contributed by atoms with Gasteiger partial charge in [0, 0.05) is 0 Å². The lowest BCUT2D eigenvalue weighted by atomic mass is 9.87. The highest BCUT2D eigenvalue weighted by Crippen LogP contribution is 2.33. The topological polar surface area (TPSA) is 40.5 Å². The molecule has 0 heterocycles. The molecule has 0 saturated carbocycles. The molecule has 2 rings (SSSR count). The van der Waals surface area contributed by atoms with Crippen molar-refractivity contribution >= 4 is 0 Å². The van der Waals surface area contributed by atoms with Crippen LogP contribution in [-0.4, -0.2) is 21.9 Å². The predicted molar refractivity (Wildman–Crippen MR) is 55.8 cm³/mol. The molecule has 0 aliphatic heterocycles. The quantitative estimate of drug-likeness (QED) is 0.613. The van der Waals surface area contributed by atoms with Crippen LogP contribution in [0.3, 0.4) is 0 Å². The molecule has 14 heavy (non-hydrogen) atoms. The monoisotopic (exact) mass is 192 g/mol. The van der Waals surface area contributed by atoms with Gasteiger partial charge < -0.3 is 10.2 Å². The summed E-state index contributed by atoms with van der Waals surface area (Å²) in [6, 6.07) is 0. The van der Waals surface area contributed by atoms with Crippen molar-refractivity contribution in [1.29, 1.82) is 0 Å². The van der Waals surface area contributed by atoms with Crippen LogP contribution in [0, 0.1) is 0 Å². The van der Waals surface area contributed by atoms with Gasteiger partial charge in [0.15, 0.2) is 0 Å². The van der Waals surface area contributed by atoms with Gasteiger partial charge in [0.1, 0.15) is 0 Å². The van der Waals surface area contributed by atoms with Crippen molar-refractivity contribution in [3.05, 3.63) is 36.0 Å². The molecule has 0 aromatic heterocycles. The number of hydrogen-bond acceptors (Lipinski definition) is 2. The van der Waals surface area contributed by atoms with Gasteiger partial charge in [0.2, 0.25) is 0 Å². The highest BCUT2D eigenvalue weighted by atomic mass is 16.3. The standard InChI is InChI=1S/C12H16O2/c13-11-6-5-10-4-2-1-3-8-12(10,14)9-7-11/h1-5,11,13-14H,6-9H2. The van der Waals surface area contributed by atoms with E-state index >= 15 is 0 Å². The van der Waals surface area contributed by atoms with Crippen molar-refractivity contribution in [2.24, 2.45) is 0 Å². The smallest absolute Gasteiger partial charge is 0.0928 e. The van der Waals surface area contributed by atoms with E-state index in [2.05, 4.69) is 0 Å². The van der Waals surface area contributed by atoms with Crippen molar-refractivity contribution in [3.8, 4) is 0 Å². The molecule has 0 fully saturated rings. The van der Waals surface area contributed by atoms with E-state index in [0.29, 0.717) is 25.7 Å². The first-order chi connectivity index (χ1) is 6.71. The van der Waals surface area contributed by atoms with E-state index in [1.807, 2.05) is 30.4 Å². The second-order valence-corrected chi connectivity index (χ2v) is 4.11.